The second-order valence-electron chi connectivity index (χ2n) is 5.30. The molecule has 0 heterocycles. The van der Waals surface area contributed by atoms with Crippen LogP contribution in [0.5, 0.6) is 23.0 Å². The van der Waals surface area contributed by atoms with E-state index in [-0.39, 0.29) is 6.03 Å². The molecule has 140 valence electrons. The molecule has 0 spiro atoms. The number of carbonyl (C=O) groups excluding carboxylic acids is 1. The van der Waals surface area contributed by atoms with Gasteiger partial charge in [-0.3, -0.25) is 0 Å². The van der Waals surface area contributed by atoms with Gasteiger partial charge in [-0.15, -0.1) is 0 Å². The Hall–Kier alpha value is -3.09. The molecule has 2 rings (SSSR count). The zero-order chi connectivity index (χ0) is 18.8. The van der Waals surface area contributed by atoms with E-state index in [1.54, 1.807) is 33.5 Å². The van der Waals surface area contributed by atoms with Gasteiger partial charge in [-0.1, -0.05) is 18.2 Å². The third kappa shape index (κ3) is 5.47. The van der Waals surface area contributed by atoms with Crippen molar-refractivity contribution in [1.82, 2.24) is 10.6 Å². The summed E-state index contributed by atoms with van der Waals surface area (Å²) in [6, 6.07) is 12.6. The fraction of sp³-hybridized carbons (Fsp3) is 0.316. The average Bonchev–Trinajstić information content (AvgIpc) is 2.69. The maximum absolute atomic E-state index is 11.8. The third-order valence-corrected chi connectivity index (χ3v) is 3.62. The number of amides is 2. The van der Waals surface area contributed by atoms with Crippen molar-refractivity contribution >= 4 is 6.03 Å². The monoisotopic (exact) mass is 360 g/mol. The van der Waals surface area contributed by atoms with Crippen molar-refractivity contribution in [1.29, 1.82) is 0 Å². The molecule has 7 nitrogen and oxygen atoms in total. The summed E-state index contributed by atoms with van der Waals surface area (Å²) in [6.45, 7) is 1.09. The molecule has 0 saturated heterocycles. The number of benzene rings is 2. The molecular weight excluding hydrogens is 336 g/mol. The van der Waals surface area contributed by atoms with Crippen molar-refractivity contribution in [3.63, 3.8) is 0 Å². The van der Waals surface area contributed by atoms with Gasteiger partial charge in [0.25, 0.3) is 0 Å². The lowest BCUT2D eigenvalue weighted by atomic mass is 10.2. The Morgan fingerprint density at radius 1 is 0.885 bits per heavy atom. The maximum atomic E-state index is 11.8. The summed E-state index contributed by atoms with van der Waals surface area (Å²) in [5.41, 5.74) is 0.985. The number of hydrogen-bond acceptors (Lipinski definition) is 5. The summed E-state index contributed by atoms with van der Waals surface area (Å²) in [5.74, 6) is 2.46. The zero-order valence-corrected chi connectivity index (χ0v) is 15.2. The predicted molar refractivity (Wildman–Crippen MR) is 98.3 cm³/mol. The van der Waals surface area contributed by atoms with E-state index in [9.17, 15) is 4.79 Å². The van der Waals surface area contributed by atoms with E-state index in [0.29, 0.717) is 36.9 Å². The van der Waals surface area contributed by atoms with Crippen molar-refractivity contribution in [3.05, 3.63) is 48.0 Å². The van der Waals surface area contributed by atoms with Gasteiger partial charge in [0, 0.05) is 6.54 Å². The van der Waals surface area contributed by atoms with E-state index >= 15 is 0 Å². The van der Waals surface area contributed by atoms with Gasteiger partial charge in [-0.25, -0.2) is 4.79 Å². The normalized spacial score (nSPS) is 9.96. The molecule has 0 atom stereocenters. The highest BCUT2D eigenvalue weighted by molar-refractivity contribution is 5.73. The van der Waals surface area contributed by atoms with Crippen molar-refractivity contribution in [3.8, 4) is 23.0 Å². The van der Waals surface area contributed by atoms with Crippen LogP contribution in [0, 0.1) is 0 Å². The minimum absolute atomic E-state index is 0.262. The van der Waals surface area contributed by atoms with E-state index in [1.165, 1.54) is 0 Å². The Labute approximate surface area is 153 Å². The lowest BCUT2D eigenvalue weighted by Gasteiger charge is -2.14. The van der Waals surface area contributed by atoms with Crippen molar-refractivity contribution in [2.75, 3.05) is 34.5 Å². The summed E-state index contributed by atoms with van der Waals surface area (Å²) in [5, 5.41) is 5.52. The van der Waals surface area contributed by atoms with Gasteiger partial charge >= 0.3 is 6.03 Å². The van der Waals surface area contributed by atoms with Crippen LogP contribution < -0.4 is 29.6 Å². The molecule has 0 radical (unpaired) electrons. The van der Waals surface area contributed by atoms with Crippen LogP contribution in [-0.2, 0) is 6.54 Å². The Balaban J connectivity index is 1.71. The van der Waals surface area contributed by atoms with Crippen LogP contribution in [0.25, 0.3) is 0 Å². The van der Waals surface area contributed by atoms with Crippen LogP contribution in [0.2, 0.25) is 0 Å². The van der Waals surface area contributed by atoms with Crippen LogP contribution >= 0.6 is 0 Å². The summed E-state index contributed by atoms with van der Waals surface area (Å²) in [6.07, 6.45) is 0. The van der Waals surface area contributed by atoms with Crippen LogP contribution in [0.3, 0.4) is 0 Å². The second-order valence-corrected chi connectivity index (χ2v) is 5.30. The van der Waals surface area contributed by atoms with Crippen LogP contribution in [-0.4, -0.2) is 40.5 Å². The first kappa shape index (κ1) is 19.2. The van der Waals surface area contributed by atoms with E-state index < -0.39 is 0 Å². The molecule has 0 aliphatic heterocycles. The van der Waals surface area contributed by atoms with Gasteiger partial charge in [0.1, 0.15) is 12.4 Å². The molecule has 2 N–H and O–H groups in total. The minimum atomic E-state index is -0.262. The molecule has 26 heavy (non-hydrogen) atoms. The quantitative estimate of drug-likeness (QED) is 0.672. The highest BCUT2D eigenvalue weighted by Crippen LogP contribution is 2.36. The van der Waals surface area contributed by atoms with Gasteiger partial charge in [-0.2, -0.15) is 0 Å². The highest BCUT2D eigenvalue weighted by atomic mass is 16.5. The molecular formula is C19H24N2O5. The number of methoxy groups -OCH3 is 3. The van der Waals surface area contributed by atoms with Crippen molar-refractivity contribution < 1.29 is 23.7 Å². The fourth-order valence-corrected chi connectivity index (χ4v) is 2.29. The lowest BCUT2D eigenvalue weighted by molar-refractivity contribution is 0.235. The smallest absolute Gasteiger partial charge is 0.315 e. The maximum Gasteiger partial charge on any atom is 0.315 e. The number of ether oxygens (including phenoxy) is 4. The fourth-order valence-electron chi connectivity index (χ4n) is 2.29. The first-order chi connectivity index (χ1) is 12.7. The average molecular weight is 360 g/mol. The summed E-state index contributed by atoms with van der Waals surface area (Å²) >= 11 is 0. The molecule has 2 aromatic rings. The second kappa shape index (κ2) is 10.0. The minimum Gasteiger partial charge on any atom is -0.497 e. The predicted octanol–water partition coefficient (Wildman–Crippen LogP) is 2.59. The first-order valence-electron chi connectivity index (χ1n) is 8.16. The van der Waals surface area contributed by atoms with Crippen LogP contribution in [0.1, 0.15) is 5.56 Å². The van der Waals surface area contributed by atoms with Crippen LogP contribution in [0.4, 0.5) is 4.79 Å². The summed E-state index contributed by atoms with van der Waals surface area (Å²) < 4.78 is 21.3. The van der Waals surface area contributed by atoms with Gasteiger partial charge in [0.15, 0.2) is 11.5 Å². The molecule has 0 aliphatic rings. The first-order valence-corrected chi connectivity index (χ1v) is 8.16. The number of urea groups is 1. The Morgan fingerprint density at radius 2 is 1.62 bits per heavy atom. The Morgan fingerprint density at radius 3 is 2.27 bits per heavy atom. The number of rotatable bonds is 9. The van der Waals surface area contributed by atoms with Crippen LogP contribution in [0.15, 0.2) is 42.5 Å². The summed E-state index contributed by atoms with van der Waals surface area (Å²) in [4.78, 5) is 11.8. The number of carbonyl (C=O) groups is 1. The molecule has 0 saturated carbocycles. The topological polar surface area (TPSA) is 78.1 Å². The van der Waals surface area contributed by atoms with Gasteiger partial charge < -0.3 is 29.6 Å². The van der Waals surface area contributed by atoms with E-state index in [1.807, 2.05) is 30.3 Å². The Bertz CT molecular complexity index is 704. The number of hydrogen-bond donors (Lipinski definition) is 2. The van der Waals surface area contributed by atoms with Gasteiger partial charge in [0.05, 0.1) is 27.9 Å². The standard InChI is InChI=1S/C19H24N2O5/c1-23-15-9-7-14(8-10-15)13-21-19(22)20-11-12-26-17-6-4-5-16(24-2)18(17)25-3/h4-10H,11-13H2,1-3H3,(H2,20,21,22). The molecule has 7 heteroatoms. The molecule has 0 aromatic heterocycles. The van der Waals surface area contributed by atoms with E-state index in [0.717, 1.165) is 11.3 Å². The van der Waals surface area contributed by atoms with Gasteiger partial charge in [0.2, 0.25) is 5.75 Å². The molecule has 0 fully saturated rings. The molecule has 0 aliphatic carbocycles. The largest absolute Gasteiger partial charge is 0.497 e. The third-order valence-electron chi connectivity index (χ3n) is 3.62. The SMILES string of the molecule is COc1ccc(CNC(=O)NCCOc2cccc(OC)c2OC)cc1. The number of para-hydroxylation sites is 1. The van der Waals surface area contributed by atoms with E-state index in [2.05, 4.69) is 10.6 Å². The zero-order valence-electron chi connectivity index (χ0n) is 15.2. The number of nitrogens with one attached hydrogen (secondary N) is 2. The molecule has 2 amide bonds. The Kier molecular flexibility index (Phi) is 7.42. The van der Waals surface area contributed by atoms with Crippen molar-refractivity contribution in [2.45, 2.75) is 6.54 Å². The summed E-state index contributed by atoms with van der Waals surface area (Å²) in [7, 11) is 4.73. The van der Waals surface area contributed by atoms with Gasteiger partial charge in [-0.05, 0) is 29.8 Å². The highest BCUT2D eigenvalue weighted by Gasteiger charge is 2.10. The van der Waals surface area contributed by atoms with Crippen molar-refractivity contribution in [2.24, 2.45) is 0 Å². The van der Waals surface area contributed by atoms with E-state index in [4.69, 9.17) is 18.9 Å². The molecule has 2 aromatic carbocycles. The molecule has 0 bridgehead atoms. The lowest BCUT2D eigenvalue weighted by Crippen LogP contribution is -2.37. The molecule has 0 unspecified atom stereocenters.